The van der Waals surface area contributed by atoms with Crippen molar-refractivity contribution in [3.8, 4) is 0 Å². The van der Waals surface area contributed by atoms with Crippen molar-refractivity contribution in [1.29, 1.82) is 0 Å². The number of amides is 2. The van der Waals surface area contributed by atoms with Gasteiger partial charge < -0.3 is 10.1 Å². The van der Waals surface area contributed by atoms with Crippen LogP contribution in [0.5, 0.6) is 0 Å². The summed E-state index contributed by atoms with van der Waals surface area (Å²) in [4.78, 5) is 23.5. The van der Waals surface area contributed by atoms with E-state index in [0.717, 1.165) is 50.8 Å². The summed E-state index contributed by atoms with van der Waals surface area (Å²) < 4.78 is 5.40. The molecule has 1 aliphatic heterocycles. The van der Waals surface area contributed by atoms with Crippen LogP contribution in [0, 0.1) is 11.3 Å². The van der Waals surface area contributed by atoms with Gasteiger partial charge in [0.1, 0.15) is 0 Å². The molecule has 1 heterocycles. The molecular formula is C17H29N3O3. The predicted molar refractivity (Wildman–Crippen MR) is 89.0 cm³/mol. The number of hydrazone groups is 1. The fourth-order valence-corrected chi connectivity index (χ4v) is 3.20. The molecule has 1 saturated heterocycles. The van der Waals surface area contributed by atoms with Crippen molar-refractivity contribution < 1.29 is 14.3 Å². The summed E-state index contributed by atoms with van der Waals surface area (Å²) >= 11 is 0. The van der Waals surface area contributed by atoms with Crippen LogP contribution < -0.4 is 10.7 Å². The van der Waals surface area contributed by atoms with Crippen molar-refractivity contribution in [3.05, 3.63) is 0 Å². The average Bonchev–Trinajstić information content (AvgIpc) is 3.03. The van der Waals surface area contributed by atoms with E-state index in [-0.39, 0.29) is 6.10 Å². The Morgan fingerprint density at radius 2 is 1.87 bits per heavy atom. The number of carbonyl (C=O) groups excluding carboxylic acids is 2. The van der Waals surface area contributed by atoms with Crippen LogP contribution >= 0.6 is 0 Å². The van der Waals surface area contributed by atoms with E-state index in [4.69, 9.17) is 4.74 Å². The van der Waals surface area contributed by atoms with Gasteiger partial charge in [0, 0.05) is 18.9 Å². The molecule has 130 valence electrons. The maximum absolute atomic E-state index is 11.7. The first kappa shape index (κ1) is 17.9. The number of hydrogen-bond acceptors (Lipinski definition) is 4. The highest BCUT2D eigenvalue weighted by Crippen LogP contribution is 2.36. The van der Waals surface area contributed by atoms with Crippen LogP contribution in [0.25, 0.3) is 0 Å². The van der Waals surface area contributed by atoms with Crippen molar-refractivity contribution in [3.63, 3.8) is 0 Å². The zero-order valence-electron chi connectivity index (χ0n) is 14.5. The summed E-state index contributed by atoms with van der Waals surface area (Å²) in [7, 11) is 0. The number of rotatable bonds is 3. The van der Waals surface area contributed by atoms with Crippen LogP contribution in [0.2, 0.25) is 0 Å². The number of carbonyl (C=O) groups is 2. The van der Waals surface area contributed by atoms with Crippen LogP contribution in [0.1, 0.15) is 59.3 Å². The Balaban J connectivity index is 1.70. The summed E-state index contributed by atoms with van der Waals surface area (Å²) in [5.74, 6) is -0.659. The molecule has 23 heavy (non-hydrogen) atoms. The molecule has 2 fully saturated rings. The molecule has 0 bridgehead atoms. The molecule has 2 rings (SSSR count). The minimum absolute atomic E-state index is 0.0331. The number of nitrogens with zero attached hydrogens (tertiary/aromatic N) is 1. The molecule has 1 saturated carbocycles. The first-order valence-electron chi connectivity index (χ1n) is 8.61. The molecule has 0 unspecified atom stereocenters. The van der Waals surface area contributed by atoms with Crippen LogP contribution in [0.4, 0.5) is 0 Å². The minimum Gasteiger partial charge on any atom is -0.376 e. The van der Waals surface area contributed by atoms with Crippen molar-refractivity contribution in [2.24, 2.45) is 16.4 Å². The lowest BCUT2D eigenvalue weighted by Crippen LogP contribution is -2.41. The Morgan fingerprint density at radius 3 is 2.43 bits per heavy atom. The third kappa shape index (κ3) is 5.61. The van der Waals surface area contributed by atoms with Gasteiger partial charge in [0.05, 0.1) is 6.10 Å². The molecule has 1 atom stereocenters. The van der Waals surface area contributed by atoms with E-state index in [1.165, 1.54) is 0 Å². The fraction of sp³-hybridized carbons (Fsp3) is 0.824. The summed E-state index contributed by atoms with van der Waals surface area (Å²) in [5.41, 5.74) is 3.67. The SMILES string of the molecule is CC(C)(C)C1CCC(=NNC(=O)C(=O)NC[C@@H]2CCCO2)CC1. The molecule has 0 aromatic heterocycles. The Labute approximate surface area is 138 Å². The van der Waals surface area contributed by atoms with E-state index in [1.54, 1.807) is 0 Å². The third-order valence-electron chi connectivity index (χ3n) is 4.82. The van der Waals surface area contributed by atoms with Crippen LogP contribution in [0.3, 0.4) is 0 Å². The van der Waals surface area contributed by atoms with Gasteiger partial charge in [0.15, 0.2) is 0 Å². The molecule has 1 aliphatic carbocycles. The predicted octanol–water partition coefficient (Wildman–Crippen LogP) is 1.99. The maximum Gasteiger partial charge on any atom is 0.329 e. The molecule has 6 heteroatoms. The zero-order chi connectivity index (χ0) is 16.9. The lowest BCUT2D eigenvalue weighted by molar-refractivity contribution is -0.139. The summed E-state index contributed by atoms with van der Waals surface area (Å²) in [5, 5.41) is 6.72. The van der Waals surface area contributed by atoms with Gasteiger partial charge in [0.2, 0.25) is 0 Å². The average molecular weight is 323 g/mol. The molecule has 2 N–H and O–H groups in total. The lowest BCUT2D eigenvalue weighted by atomic mass is 9.72. The quantitative estimate of drug-likeness (QED) is 0.616. The van der Waals surface area contributed by atoms with Gasteiger partial charge in [-0.25, -0.2) is 5.43 Å². The molecular weight excluding hydrogens is 294 g/mol. The third-order valence-corrected chi connectivity index (χ3v) is 4.82. The van der Waals surface area contributed by atoms with E-state index in [9.17, 15) is 9.59 Å². The van der Waals surface area contributed by atoms with E-state index < -0.39 is 11.8 Å². The normalized spacial score (nSPS) is 25.1. The highest BCUT2D eigenvalue weighted by molar-refractivity contribution is 6.35. The van der Waals surface area contributed by atoms with E-state index >= 15 is 0 Å². The minimum atomic E-state index is -0.701. The molecule has 6 nitrogen and oxygen atoms in total. The second kappa shape index (κ2) is 7.90. The highest BCUT2D eigenvalue weighted by Gasteiger charge is 2.28. The van der Waals surface area contributed by atoms with Crippen LogP contribution in [-0.4, -0.2) is 36.8 Å². The van der Waals surface area contributed by atoms with Crippen LogP contribution in [0.15, 0.2) is 5.10 Å². The standard InChI is InChI=1S/C17H29N3O3/c1-17(2,3)12-6-8-13(9-7-12)19-20-16(22)15(21)18-11-14-5-4-10-23-14/h12,14H,4-11H2,1-3H3,(H,18,21)(H,20,22)/t12?,14-/m0/s1. The van der Waals surface area contributed by atoms with Gasteiger partial charge in [-0.15, -0.1) is 0 Å². The Bertz CT molecular complexity index is 452. The molecule has 2 amide bonds. The van der Waals surface area contributed by atoms with Gasteiger partial charge in [-0.3, -0.25) is 9.59 Å². The first-order chi connectivity index (χ1) is 10.9. The van der Waals surface area contributed by atoms with Crippen molar-refractivity contribution in [2.75, 3.05) is 13.2 Å². The largest absolute Gasteiger partial charge is 0.376 e. The van der Waals surface area contributed by atoms with E-state index in [1.807, 2.05) is 0 Å². The summed E-state index contributed by atoms with van der Waals surface area (Å²) in [6.45, 7) is 7.91. The Kier molecular flexibility index (Phi) is 6.16. The fourth-order valence-electron chi connectivity index (χ4n) is 3.20. The van der Waals surface area contributed by atoms with Crippen molar-refractivity contribution >= 4 is 17.5 Å². The summed E-state index contributed by atoms with van der Waals surface area (Å²) in [6, 6.07) is 0. The molecule has 0 radical (unpaired) electrons. The van der Waals surface area contributed by atoms with Gasteiger partial charge in [-0.05, 0) is 49.9 Å². The Hall–Kier alpha value is -1.43. The monoisotopic (exact) mass is 323 g/mol. The van der Waals surface area contributed by atoms with Crippen LogP contribution in [-0.2, 0) is 14.3 Å². The lowest BCUT2D eigenvalue weighted by Gasteiger charge is -2.34. The number of ether oxygens (including phenoxy) is 1. The molecule has 0 aromatic carbocycles. The second-order valence-electron chi connectivity index (χ2n) is 7.60. The van der Waals surface area contributed by atoms with Crippen molar-refractivity contribution in [2.45, 2.75) is 65.4 Å². The first-order valence-corrected chi connectivity index (χ1v) is 8.61. The molecule has 2 aliphatic rings. The highest BCUT2D eigenvalue weighted by atomic mass is 16.5. The maximum atomic E-state index is 11.7. The zero-order valence-corrected chi connectivity index (χ0v) is 14.5. The second-order valence-corrected chi connectivity index (χ2v) is 7.60. The van der Waals surface area contributed by atoms with Gasteiger partial charge in [-0.2, -0.15) is 5.10 Å². The van der Waals surface area contributed by atoms with Gasteiger partial charge >= 0.3 is 11.8 Å². The molecule has 0 spiro atoms. The summed E-state index contributed by atoms with van der Waals surface area (Å²) in [6.07, 6.45) is 5.92. The topological polar surface area (TPSA) is 79.8 Å². The number of hydrogen-bond donors (Lipinski definition) is 2. The van der Waals surface area contributed by atoms with E-state index in [0.29, 0.717) is 17.9 Å². The van der Waals surface area contributed by atoms with Crippen molar-refractivity contribution in [1.82, 2.24) is 10.7 Å². The van der Waals surface area contributed by atoms with Gasteiger partial charge in [-0.1, -0.05) is 20.8 Å². The van der Waals surface area contributed by atoms with Gasteiger partial charge in [0.25, 0.3) is 0 Å². The molecule has 0 aromatic rings. The smallest absolute Gasteiger partial charge is 0.329 e. The van der Waals surface area contributed by atoms with E-state index in [2.05, 4.69) is 36.6 Å². The Morgan fingerprint density at radius 1 is 1.17 bits per heavy atom. The number of nitrogens with one attached hydrogen (secondary N) is 2.